The lowest BCUT2D eigenvalue weighted by Crippen LogP contribution is -2.38. The van der Waals surface area contributed by atoms with Crippen LogP contribution in [-0.4, -0.2) is 30.5 Å². The van der Waals surface area contributed by atoms with Crippen LogP contribution in [-0.2, 0) is 9.53 Å². The number of rotatable bonds is 8. The Bertz CT molecular complexity index is 229. The third kappa shape index (κ3) is 7.99. The van der Waals surface area contributed by atoms with E-state index < -0.39 is 6.09 Å². The van der Waals surface area contributed by atoms with Gasteiger partial charge in [0.1, 0.15) is 6.61 Å². The molecule has 0 aliphatic heterocycles. The number of aldehydes is 1. The van der Waals surface area contributed by atoms with Gasteiger partial charge in [0, 0.05) is 6.54 Å². The summed E-state index contributed by atoms with van der Waals surface area (Å²) >= 11 is 0. The van der Waals surface area contributed by atoms with Crippen molar-refractivity contribution >= 4 is 12.4 Å². The number of hydrazine groups is 1. The van der Waals surface area contributed by atoms with E-state index in [2.05, 4.69) is 17.7 Å². The molecular formula is C11H20N2O3. The van der Waals surface area contributed by atoms with Crippen molar-refractivity contribution in [1.82, 2.24) is 5.01 Å². The van der Waals surface area contributed by atoms with Gasteiger partial charge in [0.2, 0.25) is 0 Å². The molecular weight excluding hydrogens is 208 g/mol. The number of allylic oxidation sites excluding steroid dienone is 1. The predicted octanol–water partition coefficient (Wildman–Crippen LogP) is 1.63. The minimum absolute atomic E-state index is 0.251. The molecule has 0 atom stereocenters. The maximum Gasteiger partial charge on any atom is 0.424 e. The summed E-state index contributed by atoms with van der Waals surface area (Å²) in [4.78, 5) is 21.0. The van der Waals surface area contributed by atoms with Gasteiger partial charge < -0.3 is 4.74 Å². The average Bonchev–Trinajstić information content (AvgIpc) is 2.30. The van der Waals surface area contributed by atoms with E-state index in [1.165, 1.54) is 12.8 Å². The molecule has 0 unspecified atom stereocenters. The SMILES string of the molecule is CCCCC=CCCN(N)C(=O)OCC=O. The number of carbonyl (C=O) groups is 2. The van der Waals surface area contributed by atoms with Gasteiger partial charge in [-0.1, -0.05) is 31.9 Å². The van der Waals surface area contributed by atoms with Crippen molar-refractivity contribution in [2.75, 3.05) is 13.2 Å². The van der Waals surface area contributed by atoms with Crippen LogP contribution in [0.4, 0.5) is 4.79 Å². The number of nitrogens with zero attached hydrogens (tertiary/aromatic N) is 1. The van der Waals surface area contributed by atoms with E-state index in [9.17, 15) is 9.59 Å². The Labute approximate surface area is 96.2 Å². The topological polar surface area (TPSA) is 72.6 Å². The monoisotopic (exact) mass is 228 g/mol. The molecule has 0 aromatic carbocycles. The van der Waals surface area contributed by atoms with E-state index in [0.717, 1.165) is 11.4 Å². The summed E-state index contributed by atoms with van der Waals surface area (Å²) in [5.74, 6) is 5.41. The molecule has 0 heterocycles. The van der Waals surface area contributed by atoms with Gasteiger partial charge >= 0.3 is 6.09 Å². The Kier molecular flexibility index (Phi) is 9.30. The van der Waals surface area contributed by atoms with E-state index in [4.69, 9.17) is 5.84 Å². The fourth-order valence-electron chi connectivity index (χ4n) is 1.05. The lowest BCUT2D eigenvalue weighted by molar-refractivity contribution is -0.110. The van der Waals surface area contributed by atoms with Crippen molar-refractivity contribution in [1.29, 1.82) is 0 Å². The molecule has 0 radical (unpaired) electrons. The van der Waals surface area contributed by atoms with Crippen LogP contribution >= 0.6 is 0 Å². The van der Waals surface area contributed by atoms with Crippen molar-refractivity contribution in [3.63, 3.8) is 0 Å². The maximum atomic E-state index is 11.1. The third-order valence-corrected chi connectivity index (χ3v) is 1.94. The van der Waals surface area contributed by atoms with E-state index >= 15 is 0 Å². The number of nitrogens with two attached hydrogens (primary N) is 1. The van der Waals surface area contributed by atoms with Gasteiger partial charge in [-0.25, -0.2) is 15.6 Å². The van der Waals surface area contributed by atoms with E-state index in [1.807, 2.05) is 6.08 Å². The molecule has 5 nitrogen and oxygen atoms in total. The highest BCUT2D eigenvalue weighted by molar-refractivity contribution is 5.69. The lowest BCUT2D eigenvalue weighted by atomic mass is 10.2. The van der Waals surface area contributed by atoms with Crippen molar-refractivity contribution < 1.29 is 14.3 Å². The van der Waals surface area contributed by atoms with Gasteiger partial charge in [0.05, 0.1) is 0 Å². The van der Waals surface area contributed by atoms with Crippen LogP contribution in [0.5, 0.6) is 0 Å². The molecule has 0 bridgehead atoms. The first-order chi connectivity index (χ1) is 7.72. The zero-order valence-corrected chi connectivity index (χ0v) is 9.72. The molecule has 0 fully saturated rings. The van der Waals surface area contributed by atoms with Crippen LogP contribution in [0.15, 0.2) is 12.2 Å². The largest absolute Gasteiger partial charge is 0.441 e. The van der Waals surface area contributed by atoms with Crippen molar-refractivity contribution in [2.45, 2.75) is 32.6 Å². The summed E-state index contributed by atoms with van der Waals surface area (Å²) in [6, 6.07) is 0. The van der Waals surface area contributed by atoms with Gasteiger partial charge in [-0.05, 0) is 12.8 Å². The Balaban J connectivity index is 3.55. The normalized spacial score (nSPS) is 10.4. The summed E-state index contributed by atoms with van der Waals surface area (Å²) < 4.78 is 4.52. The van der Waals surface area contributed by atoms with Crippen LogP contribution < -0.4 is 5.84 Å². The lowest BCUT2D eigenvalue weighted by Gasteiger charge is -2.13. The molecule has 0 aliphatic rings. The highest BCUT2D eigenvalue weighted by Gasteiger charge is 2.08. The van der Waals surface area contributed by atoms with Crippen molar-refractivity contribution in [2.24, 2.45) is 5.84 Å². The predicted molar refractivity (Wildman–Crippen MR) is 61.6 cm³/mol. The molecule has 1 amide bonds. The maximum absolute atomic E-state index is 11.1. The van der Waals surface area contributed by atoms with Crippen molar-refractivity contribution in [3.05, 3.63) is 12.2 Å². The van der Waals surface area contributed by atoms with E-state index in [-0.39, 0.29) is 6.61 Å². The van der Waals surface area contributed by atoms with Crippen LogP contribution in [0.25, 0.3) is 0 Å². The number of hydrogen-bond acceptors (Lipinski definition) is 4. The average molecular weight is 228 g/mol. The fraction of sp³-hybridized carbons (Fsp3) is 0.636. The molecule has 0 aromatic rings. The Morgan fingerprint density at radius 2 is 2.06 bits per heavy atom. The Morgan fingerprint density at radius 3 is 2.69 bits per heavy atom. The highest BCUT2D eigenvalue weighted by Crippen LogP contribution is 1.97. The number of amides is 1. The Morgan fingerprint density at radius 1 is 1.38 bits per heavy atom. The zero-order valence-electron chi connectivity index (χ0n) is 9.72. The summed E-state index contributed by atoms with van der Waals surface area (Å²) in [5, 5.41) is 0.966. The molecule has 0 aliphatic carbocycles. The van der Waals surface area contributed by atoms with E-state index in [0.29, 0.717) is 19.3 Å². The number of carbonyl (C=O) groups excluding carboxylic acids is 2. The molecule has 16 heavy (non-hydrogen) atoms. The first-order valence-corrected chi connectivity index (χ1v) is 5.50. The molecule has 0 saturated carbocycles. The van der Waals surface area contributed by atoms with Gasteiger partial charge in [-0.2, -0.15) is 0 Å². The fourth-order valence-corrected chi connectivity index (χ4v) is 1.05. The van der Waals surface area contributed by atoms with Crippen LogP contribution in [0.2, 0.25) is 0 Å². The molecule has 92 valence electrons. The van der Waals surface area contributed by atoms with Crippen LogP contribution in [0.1, 0.15) is 32.6 Å². The summed E-state index contributed by atoms with van der Waals surface area (Å²) in [6.07, 6.45) is 7.99. The first-order valence-electron chi connectivity index (χ1n) is 5.50. The van der Waals surface area contributed by atoms with Gasteiger partial charge in [-0.3, -0.25) is 4.79 Å². The molecule has 2 N–H and O–H groups in total. The van der Waals surface area contributed by atoms with Crippen LogP contribution in [0.3, 0.4) is 0 Å². The highest BCUT2D eigenvalue weighted by atomic mass is 16.6. The van der Waals surface area contributed by atoms with Crippen molar-refractivity contribution in [3.8, 4) is 0 Å². The van der Waals surface area contributed by atoms with Gasteiger partial charge in [0.15, 0.2) is 6.29 Å². The smallest absolute Gasteiger partial charge is 0.424 e. The molecule has 0 aromatic heterocycles. The summed E-state index contributed by atoms with van der Waals surface area (Å²) in [7, 11) is 0. The molecule has 5 heteroatoms. The minimum atomic E-state index is -0.672. The number of ether oxygens (including phenoxy) is 1. The molecule has 0 spiro atoms. The zero-order chi connectivity index (χ0) is 12.2. The van der Waals surface area contributed by atoms with E-state index in [1.54, 1.807) is 0 Å². The summed E-state index contributed by atoms with van der Waals surface area (Å²) in [5.41, 5.74) is 0. The standard InChI is InChI=1S/C11H20N2O3/c1-2-3-4-5-6-7-8-13(12)11(15)16-10-9-14/h5-6,9H,2-4,7-8,10,12H2,1H3. The minimum Gasteiger partial charge on any atom is -0.441 e. The second-order valence-corrected chi connectivity index (χ2v) is 3.34. The van der Waals surface area contributed by atoms with Gasteiger partial charge in [-0.15, -0.1) is 0 Å². The third-order valence-electron chi connectivity index (χ3n) is 1.94. The first kappa shape index (κ1) is 14.6. The molecule has 0 rings (SSSR count). The van der Waals surface area contributed by atoms with Crippen LogP contribution in [0, 0.1) is 0 Å². The summed E-state index contributed by atoms with van der Waals surface area (Å²) in [6.45, 7) is 2.28. The Hall–Kier alpha value is -1.36. The van der Waals surface area contributed by atoms with Gasteiger partial charge in [0.25, 0.3) is 0 Å². The second-order valence-electron chi connectivity index (χ2n) is 3.34. The number of hydrogen-bond donors (Lipinski definition) is 1. The second kappa shape index (κ2) is 10.2. The quantitative estimate of drug-likeness (QED) is 0.171. The molecule has 0 saturated heterocycles. The number of unbranched alkanes of at least 4 members (excludes halogenated alkanes) is 2.